The molecule has 0 aromatic heterocycles. The molecule has 0 aliphatic carbocycles. The summed E-state index contributed by atoms with van der Waals surface area (Å²) >= 11 is 9.32. The van der Waals surface area contributed by atoms with Crippen molar-refractivity contribution >= 4 is 33.2 Å². The summed E-state index contributed by atoms with van der Waals surface area (Å²) in [7, 11) is 0. The SMILES string of the molecule is Cc1ccc(C(C#N)Nc2ccc(Cl)cc2)cc1Br. The zero-order chi connectivity index (χ0) is 13.8. The number of halogens is 2. The highest BCUT2D eigenvalue weighted by atomic mass is 79.9. The molecule has 2 nitrogen and oxygen atoms in total. The number of nitrogens with zero attached hydrogens (tertiary/aromatic N) is 1. The van der Waals surface area contributed by atoms with Gasteiger partial charge >= 0.3 is 0 Å². The van der Waals surface area contributed by atoms with Crippen LogP contribution in [-0.4, -0.2) is 0 Å². The molecule has 0 saturated carbocycles. The minimum Gasteiger partial charge on any atom is -0.366 e. The second kappa shape index (κ2) is 6.10. The molecule has 96 valence electrons. The largest absolute Gasteiger partial charge is 0.366 e. The molecule has 0 spiro atoms. The molecule has 0 fully saturated rings. The van der Waals surface area contributed by atoms with Crippen LogP contribution < -0.4 is 5.32 Å². The van der Waals surface area contributed by atoms with Crippen molar-refractivity contribution in [1.29, 1.82) is 5.26 Å². The predicted molar refractivity (Wildman–Crippen MR) is 82.3 cm³/mol. The third-order valence-corrected chi connectivity index (χ3v) is 3.92. The maximum Gasteiger partial charge on any atom is 0.140 e. The molecular weight excluding hydrogens is 324 g/mol. The first-order chi connectivity index (χ1) is 9.10. The average Bonchev–Trinajstić information content (AvgIpc) is 2.41. The van der Waals surface area contributed by atoms with Crippen LogP contribution in [0.5, 0.6) is 0 Å². The molecule has 2 rings (SSSR count). The number of nitriles is 1. The minimum absolute atomic E-state index is 0.391. The maximum absolute atomic E-state index is 9.30. The van der Waals surface area contributed by atoms with E-state index in [0.717, 1.165) is 21.3 Å². The summed E-state index contributed by atoms with van der Waals surface area (Å²) in [5.74, 6) is 0. The molecule has 0 aliphatic heterocycles. The van der Waals surface area contributed by atoms with Gasteiger partial charge in [-0.1, -0.05) is 39.7 Å². The Morgan fingerprint density at radius 1 is 1.21 bits per heavy atom. The van der Waals surface area contributed by atoms with Crippen molar-refractivity contribution in [1.82, 2.24) is 0 Å². The van der Waals surface area contributed by atoms with Crippen LogP contribution in [0.1, 0.15) is 17.2 Å². The van der Waals surface area contributed by atoms with Gasteiger partial charge < -0.3 is 5.32 Å². The summed E-state index contributed by atoms with van der Waals surface area (Å²) < 4.78 is 1.00. The molecule has 2 aromatic rings. The van der Waals surface area contributed by atoms with Gasteiger partial charge in [-0.25, -0.2) is 0 Å². The fourth-order valence-corrected chi connectivity index (χ4v) is 2.21. The van der Waals surface area contributed by atoms with Crippen LogP contribution in [0.25, 0.3) is 0 Å². The van der Waals surface area contributed by atoms with Gasteiger partial charge in [0.05, 0.1) is 6.07 Å². The van der Waals surface area contributed by atoms with Crippen LogP contribution in [0.15, 0.2) is 46.9 Å². The van der Waals surface area contributed by atoms with Crippen LogP contribution in [0.4, 0.5) is 5.69 Å². The summed E-state index contributed by atoms with van der Waals surface area (Å²) in [6.07, 6.45) is 0. The average molecular weight is 336 g/mol. The van der Waals surface area contributed by atoms with Gasteiger partial charge in [0.2, 0.25) is 0 Å². The quantitative estimate of drug-likeness (QED) is 0.848. The van der Waals surface area contributed by atoms with Gasteiger partial charge in [0.25, 0.3) is 0 Å². The number of nitrogens with one attached hydrogen (secondary N) is 1. The Bertz CT molecular complexity index is 617. The fourth-order valence-electron chi connectivity index (χ4n) is 1.69. The zero-order valence-electron chi connectivity index (χ0n) is 10.3. The lowest BCUT2D eigenvalue weighted by atomic mass is 10.1. The van der Waals surface area contributed by atoms with Gasteiger partial charge in [0, 0.05) is 15.2 Å². The first kappa shape index (κ1) is 13.9. The van der Waals surface area contributed by atoms with Crippen molar-refractivity contribution in [3.05, 3.63) is 63.1 Å². The smallest absolute Gasteiger partial charge is 0.140 e. The number of anilines is 1. The maximum atomic E-state index is 9.30. The molecular formula is C15H12BrClN2. The van der Waals surface area contributed by atoms with E-state index in [1.807, 2.05) is 37.3 Å². The summed E-state index contributed by atoms with van der Waals surface area (Å²) in [5, 5.41) is 13.2. The monoisotopic (exact) mass is 334 g/mol. The van der Waals surface area contributed by atoms with E-state index < -0.39 is 6.04 Å². The second-order valence-electron chi connectivity index (χ2n) is 4.22. The molecule has 0 heterocycles. The molecule has 0 radical (unpaired) electrons. The van der Waals surface area contributed by atoms with E-state index in [0.29, 0.717) is 5.02 Å². The first-order valence-corrected chi connectivity index (χ1v) is 6.95. The Labute approximate surface area is 126 Å². The van der Waals surface area contributed by atoms with Crippen LogP contribution in [0.2, 0.25) is 5.02 Å². The number of hydrogen-bond acceptors (Lipinski definition) is 2. The number of benzene rings is 2. The van der Waals surface area contributed by atoms with Gasteiger partial charge in [0.15, 0.2) is 0 Å². The number of hydrogen-bond donors (Lipinski definition) is 1. The van der Waals surface area contributed by atoms with Gasteiger partial charge in [-0.15, -0.1) is 0 Å². The molecule has 1 unspecified atom stereocenters. The fraction of sp³-hybridized carbons (Fsp3) is 0.133. The summed E-state index contributed by atoms with van der Waals surface area (Å²) in [4.78, 5) is 0. The molecule has 0 bridgehead atoms. The van der Waals surface area contributed by atoms with E-state index in [4.69, 9.17) is 11.6 Å². The summed E-state index contributed by atoms with van der Waals surface area (Å²) in [6, 6.07) is 15.1. The minimum atomic E-state index is -0.391. The first-order valence-electron chi connectivity index (χ1n) is 5.78. The van der Waals surface area contributed by atoms with Gasteiger partial charge in [-0.3, -0.25) is 0 Å². The highest BCUT2D eigenvalue weighted by molar-refractivity contribution is 9.10. The van der Waals surface area contributed by atoms with Crippen molar-refractivity contribution < 1.29 is 0 Å². The molecule has 1 atom stereocenters. The van der Waals surface area contributed by atoms with E-state index >= 15 is 0 Å². The van der Waals surface area contributed by atoms with Crippen molar-refractivity contribution in [2.24, 2.45) is 0 Å². The van der Waals surface area contributed by atoms with E-state index in [2.05, 4.69) is 27.3 Å². The van der Waals surface area contributed by atoms with Crippen molar-refractivity contribution in [2.75, 3.05) is 5.32 Å². The van der Waals surface area contributed by atoms with Crippen LogP contribution in [0, 0.1) is 18.3 Å². The Balaban J connectivity index is 2.23. The van der Waals surface area contributed by atoms with E-state index in [1.165, 1.54) is 0 Å². The third kappa shape index (κ3) is 3.50. The number of aryl methyl sites for hydroxylation is 1. The molecule has 4 heteroatoms. The Hall–Kier alpha value is -1.50. The van der Waals surface area contributed by atoms with E-state index in [9.17, 15) is 5.26 Å². The van der Waals surface area contributed by atoms with Crippen molar-refractivity contribution in [2.45, 2.75) is 13.0 Å². The number of rotatable bonds is 3. The second-order valence-corrected chi connectivity index (χ2v) is 5.51. The topological polar surface area (TPSA) is 35.8 Å². The van der Waals surface area contributed by atoms with Crippen molar-refractivity contribution in [3.63, 3.8) is 0 Å². The zero-order valence-corrected chi connectivity index (χ0v) is 12.7. The van der Waals surface area contributed by atoms with Gasteiger partial charge in [-0.2, -0.15) is 5.26 Å². The van der Waals surface area contributed by atoms with Gasteiger partial charge in [0.1, 0.15) is 6.04 Å². The van der Waals surface area contributed by atoms with E-state index in [-0.39, 0.29) is 0 Å². The molecule has 1 N–H and O–H groups in total. The normalized spacial score (nSPS) is 11.7. The van der Waals surface area contributed by atoms with E-state index in [1.54, 1.807) is 12.1 Å². The van der Waals surface area contributed by atoms with Crippen LogP contribution in [0.3, 0.4) is 0 Å². The molecule has 19 heavy (non-hydrogen) atoms. The molecule has 0 saturated heterocycles. The molecule has 0 aliphatic rings. The van der Waals surface area contributed by atoms with Crippen LogP contribution in [-0.2, 0) is 0 Å². The highest BCUT2D eigenvalue weighted by Gasteiger charge is 2.11. The lowest BCUT2D eigenvalue weighted by Gasteiger charge is -2.14. The van der Waals surface area contributed by atoms with Crippen LogP contribution >= 0.6 is 27.5 Å². The standard InChI is InChI=1S/C15H12BrClN2/c1-10-2-3-11(8-14(10)16)15(9-18)19-13-6-4-12(17)5-7-13/h2-8,15,19H,1H3. The molecule has 0 amide bonds. The van der Waals surface area contributed by atoms with Crippen molar-refractivity contribution in [3.8, 4) is 6.07 Å². The summed E-state index contributed by atoms with van der Waals surface area (Å²) in [5.41, 5.74) is 2.94. The highest BCUT2D eigenvalue weighted by Crippen LogP contribution is 2.25. The Morgan fingerprint density at radius 3 is 2.47 bits per heavy atom. The van der Waals surface area contributed by atoms with Gasteiger partial charge in [-0.05, 0) is 48.4 Å². The lowest BCUT2D eigenvalue weighted by molar-refractivity contribution is 0.994. The third-order valence-electron chi connectivity index (χ3n) is 2.81. The Morgan fingerprint density at radius 2 is 1.89 bits per heavy atom. The predicted octanol–water partition coefficient (Wildman–Crippen LogP) is 5.09. The summed E-state index contributed by atoms with van der Waals surface area (Å²) in [6.45, 7) is 2.02. The molecule has 2 aromatic carbocycles. The lowest BCUT2D eigenvalue weighted by Crippen LogP contribution is -2.08. The Kier molecular flexibility index (Phi) is 4.47.